The molecule has 1 fully saturated rings. The van der Waals surface area contributed by atoms with Crippen LogP contribution in [-0.2, 0) is 10.9 Å². The Balaban J connectivity index is 2.24. The number of hydrazine groups is 1. The average Bonchev–Trinajstić information content (AvgIpc) is 2.39. The molecule has 0 saturated carbocycles. The van der Waals surface area contributed by atoms with Crippen LogP contribution in [0.4, 0.5) is 17.6 Å². The zero-order chi connectivity index (χ0) is 14.8. The minimum atomic E-state index is -4.70. The van der Waals surface area contributed by atoms with Crippen LogP contribution in [0.1, 0.15) is 36.4 Å². The number of benzene rings is 1. The van der Waals surface area contributed by atoms with Gasteiger partial charge in [0, 0.05) is 6.61 Å². The summed E-state index contributed by atoms with van der Waals surface area (Å²) < 4.78 is 56.7. The Morgan fingerprint density at radius 2 is 2.05 bits per heavy atom. The summed E-state index contributed by atoms with van der Waals surface area (Å²) in [6.45, 7) is 0.575. The molecule has 3 N–H and O–H groups in total. The smallest absolute Gasteiger partial charge is 0.376 e. The van der Waals surface area contributed by atoms with Gasteiger partial charge in [0.25, 0.3) is 0 Å². The third-order valence-corrected chi connectivity index (χ3v) is 3.42. The molecule has 1 aromatic carbocycles. The lowest BCUT2D eigenvalue weighted by Crippen LogP contribution is -2.39. The Labute approximate surface area is 114 Å². The number of nitrogens with two attached hydrogens (primary N) is 1. The quantitative estimate of drug-likeness (QED) is 0.511. The third kappa shape index (κ3) is 3.28. The Hall–Kier alpha value is -1.18. The summed E-state index contributed by atoms with van der Waals surface area (Å²) >= 11 is 0. The fraction of sp³-hybridized carbons (Fsp3) is 0.538. The van der Waals surface area contributed by atoms with Gasteiger partial charge >= 0.3 is 6.18 Å². The second-order valence-electron chi connectivity index (χ2n) is 4.79. The molecule has 0 aliphatic carbocycles. The number of hydrogen-bond donors (Lipinski definition) is 2. The van der Waals surface area contributed by atoms with Crippen LogP contribution in [0, 0.1) is 5.82 Å². The molecule has 0 spiro atoms. The summed E-state index contributed by atoms with van der Waals surface area (Å²) in [5, 5.41) is 0. The van der Waals surface area contributed by atoms with Gasteiger partial charge in [0.05, 0.1) is 17.7 Å². The van der Waals surface area contributed by atoms with Crippen molar-refractivity contribution in [2.75, 3.05) is 6.61 Å². The van der Waals surface area contributed by atoms with Crippen molar-refractivity contribution in [3.05, 3.63) is 35.1 Å². The first-order valence-electron chi connectivity index (χ1n) is 6.38. The molecule has 7 heteroatoms. The lowest BCUT2D eigenvalue weighted by Gasteiger charge is -2.30. The lowest BCUT2D eigenvalue weighted by atomic mass is 9.95. The summed E-state index contributed by atoms with van der Waals surface area (Å²) in [6.07, 6.45) is -2.33. The minimum Gasteiger partial charge on any atom is -0.376 e. The van der Waals surface area contributed by atoms with E-state index in [0.717, 1.165) is 31.4 Å². The molecule has 2 unspecified atom stereocenters. The monoisotopic (exact) mass is 292 g/mol. The molecule has 0 amide bonds. The van der Waals surface area contributed by atoms with Crippen LogP contribution in [0.2, 0.25) is 0 Å². The highest BCUT2D eigenvalue weighted by Gasteiger charge is 2.35. The topological polar surface area (TPSA) is 47.3 Å². The van der Waals surface area contributed by atoms with Crippen molar-refractivity contribution in [3.63, 3.8) is 0 Å². The molecule has 1 heterocycles. The van der Waals surface area contributed by atoms with Gasteiger partial charge in [-0.3, -0.25) is 11.3 Å². The van der Waals surface area contributed by atoms with Gasteiger partial charge in [-0.25, -0.2) is 4.39 Å². The molecular formula is C13H16F4N2O. The third-order valence-electron chi connectivity index (χ3n) is 3.42. The van der Waals surface area contributed by atoms with Crippen molar-refractivity contribution < 1.29 is 22.3 Å². The van der Waals surface area contributed by atoms with Gasteiger partial charge in [-0.1, -0.05) is 6.07 Å². The van der Waals surface area contributed by atoms with E-state index in [0.29, 0.717) is 12.2 Å². The lowest BCUT2D eigenvalue weighted by molar-refractivity contribution is -0.140. The number of hydrogen-bond acceptors (Lipinski definition) is 3. The van der Waals surface area contributed by atoms with Gasteiger partial charge in [0.1, 0.15) is 5.82 Å². The van der Waals surface area contributed by atoms with E-state index >= 15 is 0 Å². The van der Waals surface area contributed by atoms with E-state index in [4.69, 9.17) is 10.6 Å². The first-order valence-corrected chi connectivity index (χ1v) is 6.38. The molecule has 20 heavy (non-hydrogen) atoms. The molecule has 0 radical (unpaired) electrons. The minimum absolute atomic E-state index is 0.259. The van der Waals surface area contributed by atoms with Crippen LogP contribution in [0.3, 0.4) is 0 Å². The maximum absolute atomic E-state index is 13.6. The van der Waals surface area contributed by atoms with Crippen LogP contribution in [-0.4, -0.2) is 12.7 Å². The molecule has 3 nitrogen and oxygen atoms in total. The largest absolute Gasteiger partial charge is 0.419 e. The van der Waals surface area contributed by atoms with Crippen LogP contribution in [0.15, 0.2) is 18.2 Å². The van der Waals surface area contributed by atoms with Gasteiger partial charge in [0.2, 0.25) is 0 Å². The highest BCUT2D eigenvalue weighted by molar-refractivity contribution is 5.29. The first-order chi connectivity index (χ1) is 9.43. The summed E-state index contributed by atoms with van der Waals surface area (Å²) in [7, 11) is 0. The van der Waals surface area contributed by atoms with Gasteiger partial charge in [-0.15, -0.1) is 0 Å². The summed E-state index contributed by atoms with van der Waals surface area (Å²) in [5.41, 5.74) is 1.58. The average molecular weight is 292 g/mol. The van der Waals surface area contributed by atoms with E-state index in [1.54, 1.807) is 0 Å². The second kappa shape index (κ2) is 6.07. The normalized spacial score (nSPS) is 21.8. The number of rotatable bonds is 3. The summed E-state index contributed by atoms with van der Waals surface area (Å²) in [4.78, 5) is 0. The maximum Gasteiger partial charge on any atom is 0.419 e. The Bertz CT molecular complexity index is 458. The molecular weight excluding hydrogens is 276 g/mol. The van der Waals surface area contributed by atoms with Crippen LogP contribution in [0.25, 0.3) is 0 Å². The Morgan fingerprint density at radius 1 is 1.30 bits per heavy atom. The van der Waals surface area contributed by atoms with E-state index in [9.17, 15) is 17.6 Å². The molecule has 0 aromatic heterocycles. The Kier molecular flexibility index (Phi) is 4.62. The summed E-state index contributed by atoms with van der Waals surface area (Å²) in [6, 6.07) is 2.31. The number of halogens is 4. The van der Waals surface area contributed by atoms with E-state index < -0.39 is 23.6 Å². The highest BCUT2D eigenvalue weighted by Crippen LogP contribution is 2.33. The molecule has 0 bridgehead atoms. The molecule has 2 rings (SSSR count). The molecule has 1 aliphatic rings. The first kappa shape index (κ1) is 15.2. The molecule has 2 atom stereocenters. The number of ether oxygens (including phenoxy) is 1. The van der Waals surface area contributed by atoms with E-state index in [-0.39, 0.29) is 6.10 Å². The molecule has 1 aliphatic heterocycles. The van der Waals surface area contributed by atoms with Crippen molar-refractivity contribution in [1.29, 1.82) is 0 Å². The van der Waals surface area contributed by atoms with E-state index in [1.807, 2.05) is 0 Å². The zero-order valence-electron chi connectivity index (χ0n) is 10.7. The van der Waals surface area contributed by atoms with Crippen molar-refractivity contribution in [1.82, 2.24) is 5.43 Å². The van der Waals surface area contributed by atoms with Crippen molar-refractivity contribution in [2.24, 2.45) is 5.84 Å². The maximum atomic E-state index is 13.6. The standard InChI is InChI=1S/C13H16F4N2O/c14-10-7-8(4-5-9(10)13(15,16)17)12(19-18)11-3-1-2-6-20-11/h4-5,7,11-12,19H,1-3,6,18H2. The number of nitrogens with one attached hydrogen (secondary N) is 1. The molecule has 112 valence electrons. The van der Waals surface area contributed by atoms with Gasteiger partial charge < -0.3 is 4.74 Å². The Morgan fingerprint density at radius 3 is 2.55 bits per heavy atom. The van der Waals surface area contributed by atoms with Crippen molar-refractivity contribution >= 4 is 0 Å². The second-order valence-corrected chi connectivity index (χ2v) is 4.79. The van der Waals surface area contributed by atoms with Gasteiger partial charge in [0.15, 0.2) is 0 Å². The SMILES string of the molecule is NNC(c1ccc(C(F)(F)F)c(F)c1)C1CCCCO1. The molecule has 1 saturated heterocycles. The fourth-order valence-corrected chi connectivity index (χ4v) is 2.40. The molecule has 1 aromatic rings. The van der Waals surface area contributed by atoms with Crippen LogP contribution in [0.5, 0.6) is 0 Å². The fourth-order valence-electron chi connectivity index (χ4n) is 2.40. The zero-order valence-corrected chi connectivity index (χ0v) is 10.7. The summed E-state index contributed by atoms with van der Waals surface area (Å²) in [5.74, 6) is 4.13. The van der Waals surface area contributed by atoms with Crippen LogP contribution >= 0.6 is 0 Å². The number of alkyl halides is 3. The van der Waals surface area contributed by atoms with E-state index in [2.05, 4.69) is 5.43 Å². The highest BCUT2D eigenvalue weighted by atomic mass is 19.4. The van der Waals surface area contributed by atoms with Crippen molar-refractivity contribution in [3.8, 4) is 0 Å². The van der Waals surface area contributed by atoms with Gasteiger partial charge in [-0.05, 0) is 37.0 Å². The predicted octanol–water partition coefficient (Wildman–Crippen LogP) is 2.92. The van der Waals surface area contributed by atoms with Crippen LogP contribution < -0.4 is 11.3 Å². The van der Waals surface area contributed by atoms with Gasteiger partial charge in [-0.2, -0.15) is 13.2 Å². The van der Waals surface area contributed by atoms with Crippen molar-refractivity contribution in [2.45, 2.75) is 37.6 Å². The predicted molar refractivity (Wildman–Crippen MR) is 65.1 cm³/mol. The van der Waals surface area contributed by atoms with E-state index in [1.165, 1.54) is 6.07 Å².